The van der Waals surface area contributed by atoms with Crippen LogP contribution in [0.25, 0.3) is 11.1 Å². The molecule has 0 bridgehead atoms. The van der Waals surface area contributed by atoms with Crippen LogP contribution in [0.1, 0.15) is 233 Å². The Hall–Kier alpha value is -4.78. The molecule has 0 aliphatic heterocycles. The molecule has 10 heteroatoms. The molecule has 0 aliphatic carbocycles. The van der Waals surface area contributed by atoms with E-state index in [1.54, 1.807) is 28.4 Å². The van der Waals surface area contributed by atoms with Gasteiger partial charge in [0.2, 0.25) is 28.2 Å². The van der Waals surface area contributed by atoms with Crippen LogP contribution in [-0.2, 0) is 87.8 Å². The Bertz CT molecular complexity index is 3010. The van der Waals surface area contributed by atoms with Gasteiger partial charge in [0.25, 0.3) is 0 Å². The van der Waals surface area contributed by atoms with E-state index in [0.29, 0.717) is 47.1 Å². The van der Waals surface area contributed by atoms with Crippen LogP contribution in [0, 0.1) is 0 Å². The van der Waals surface area contributed by atoms with Crippen LogP contribution in [0.4, 0.5) is 0 Å². The first-order chi connectivity index (χ1) is 39.5. The third-order valence-electron chi connectivity index (χ3n) is 16.0. The van der Waals surface area contributed by atoms with Gasteiger partial charge < -0.3 is 37.0 Å². The molecule has 470 valence electrons. The molecule has 6 aromatic carbocycles. The minimum absolute atomic E-state index is 0.0941. The van der Waals surface area contributed by atoms with E-state index >= 15 is 0 Å². The number of ether oxygens (including phenoxy) is 4. The molecular weight excluding hydrogens is 1100 g/mol. The minimum atomic E-state index is -2.08. The van der Waals surface area contributed by atoms with Gasteiger partial charge in [-0.1, -0.05) is 257 Å². The second-order valence-corrected chi connectivity index (χ2v) is 34.6. The largest absolute Gasteiger partial charge is 0.492 e. The molecule has 6 aromatic rings. The van der Waals surface area contributed by atoms with Gasteiger partial charge in [0, 0.05) is 10.9 Å². The van der Waals surface area contributed by atoms with Crippen molar-refractivity contribution in [2.24, 2.45) is 0 Å². The van der Waals surface area contributed by atoms with Crippen molar-refractivity contribution in [3.8, 4) is 34.1 Å². The fourth-order valence-electron chi connectivity index (χ4n) is 10.1. The van der Waals surface area contributed by atoms with Crippen LogP contribution < -0.4 is 29.6 Å². The highest BCUT2D eigenvalue weighted by molar-refractivity contribution is 7.57. The first-order valence-corrected chi connectivity index (χ1v) is 33.1. The number of methoxy groups -OCH3 is 4. The Morgan fingerprint density at radius 2 is 0.512 bits per heavy atom. The third kappa shape index (κ3) is 17.5. The predicted molar refractivity (Wildman–Crippen MR) is 366 cm³/mol. The first-order valence-electron chi connectivity index (χ1n) is 30.7. The Morgan fingerprint density at radius 3 is 0.756 bits per heavy atom. The highest BCUT2D eigenvalue weighted by Gasteiger charge is 2.38. The lowest BCUT2D eigenvalue weighted by molar-refractivity contribution is 0.241. The van der Waals surface area contributed by atoms with Crippen molar-refractivity contribution in [2.45, 2.75) is 236 Å². The lowest BCUT2D eigenvalue weighted by atomic mass is 9.79. The molecule has 0 radical (unpaired) electrons. The molecule has 0 unspecified atom stereocenters. The van der Waals surface area contributed by atoms with Crippen molar-refractivity contribution >= 4 is 27.4 Å². The second kappa shape index (κ2) is 26.7. The summed E-state index contributed by atoms with van der Waals surface area (Å²) in [5.74, 6) is 1.56. The maximum Gasteiger partial charge on any atom is 0.210 e. The van der Waals surface area contributed by atoms with Gasteiger partial charge in [0.1, 0.15) is 0 Å². The van der Waals surface area contributed by atoms with Crippen LogP contribution in [-0.4, -0.2) is 28.4 Å². The van der Waals surface area contributed by atoms with Gasteiger partial charge in [-0.25, -0.2) is 0 Å². The monoisotopic (exact) mass is 1210 g/mol. The van der Waals surface area contributed by atoms with Crippen LogP contribution in [0.5, 0.6) is 23.0 Å². The zero-order valence-corrected chi connectivity index (χ0v) is 60.0. The third-order valence-corrected chi connectivity index (χ3v) is 19.0. The van der Waals surface area contributed by atoms with Crippen molar-refractivity contribution in [1.82, 2.24) is 0 Å². The summed E-state index contributed by atoms with van der Waals surface area (Å²) in [5, 5.41) is 1.46. The van der Waals surface area contributed by atoms with Gasteiger partial charge in [0.05, 0.1) is 60.2 Å². The van der Waals surface area contributed by atoms with E-state index < -0.39 is 16.8 Å². The molecule has 0 N–H and O–H groups in total. The molecule has 0 saturated heterocycles. The average molecular weight is 1210 g/mol. The van der Waals surface area contributed by atoms with E-state index in [-0.39, 0.29) is 56.5 Å². The van der Waals surface area contributed by atoms with E-state index in [2.05, 4.69) is 257 Å². The molecule has 8 nitrogen and oxygen atoms in total. The second-order valence-electron chi connectivity index (χ2n) is 31.7. The maximum atomic E-state index is 7.46. The quantitative estimate of drug-likeness (QED) is 0.0743. The van der Waals surface area contributed by atoms with Crippen molar-refractivity contribution < 1.29 is 37.0 Å². The summed E-state index contributed by atoms with van der Waals surface area (Å²) >= 11 is 0. The van der Waals surface area contributed by atoms with Crippen LogP contribution in [0.2, 0.25) is 0 Å². The summed E-state index contributed by atoms with van der Waals surface area (Å²) in [7, 11) is 2.63. The van der Waals surface area contributed by atoms with E-state index in [4.69, 9.17) is 37.0 Å². The number of hydrogen-bond acceptors (Lipinski definition) is 8. The maximum absolute atomic E-state index is 7.46. The Kier molecular flexibility index (Phi) is 21.9. The fourth-order valence-corrected chi connectivity index (χ4v) is 13.2. The Morgan fingerprint density at radius 1 is 0.279 bits per heavy atom. The normalized spacial score (nSPS) is 13.2. The molecule has 0 fully saturated rings. The fraction of sp³-hybridized carbons (Fsp3) is 0.526. The summed E-state index contributed by atoms with van der Waals surface area (Å²) in [4.78, 5) is 0. The average Bonchev–Trinajstić information content (AvgIpc) is 0.794. The number of benzene rings is 6. The smallest absolute Gasteiger partial charge is 0.210 e. The molecule has 6 rings (SSSR count). The van der Waals surface area contributed by atoms with Gasteiger partial charge in [-0.15, -0.1) is 0 Å². The standard InChI is InChI=1S/C76H108O8P2/c1-69(2,3)53-33-49(34-54(41-53)70(4,5)6)45-81-85(82-46-50-35-55(71(7,8)9)42-56(36-50)72(10,11)12)62-32-30-29-31-61(62)63-64(77-25)65(78-26)66(79-27)67(80-28)68(63)86(83-47-51-37-57(73(13,14)15)43-58(38-51)74(16,17)18)84-48-52-39-59(75(19,20)21)44-60(40-52)76(22,23)24/h29-44H,45-48H2,1-28H3. The van der Waals surface area contributed by atoms with Gasteiger partial charge >= 0.3 is 0 Å². The summed E-state index contributed by atoms with van der Waals surface area (Å²) < 4.78 is 55.6. The summed E-state index contributed by atoms with van der Waals surface area (Å²) in [6, 6.07) is 36.0. The first kappa shape index (κ1) is 70.3. The van der Waals surface area contributed by atoms with Crippen molar-refractivity contribution in [3.63, 3.8) is 0 Å². The molecule has 0 aromatic heterocycles. The molecule has 0 atom stereocenters. The van der Waals surface area contributed by atoms with Crippen molar-refractivity contribution in [2.75, 3.05) is 28.4 Å². The topological polar surface area (TPSA) is 73.8 Å². The molecular formula is C76H108O8P2. The Labute approximate surface area is 524 Å². The zero-order valence-electron chi connectivity index (χ0n) is 58.2. The molecule has 0 amide bonds. The summed E-state index contributed by atoms with van der Waals surface area (Å²) in [5.41, 5.74) is 14.8. The summed E-state index contributed by atoms with van der Waals surface area (Å²) in [6.45, 7) is 55.5. The molecule has 0 spiro atoms. The summed E-state index contributed by atoms with van der Waals surface area (Å²) in [6.07, 6.45) is 0. The molecule has 86 heavy (non-hydrogen) atoms. The SMILES string of the molecule is COc1c(OC)c(OC)c(P(OCc2cc(C(C)(C)C)cc(C(C)(C)C)c2)OCc2cc(C(C)(C)C)cc(C(C)(C)C)c2)c(-c2ccccc2P(OCc2cc(C(C)(C)C)cc(C(C)(C)C)c2)OCc2cc(C(C)(C)C)cc(C(C)(C)C)c2)c1OC. The van der Waals surface area contributed by atoms with Crippen LogP contribution >= 0.6 is 16.8 Å². The minimum Gasteiger partial charge on any atom is -0.492 e. The van der Waals surface area contributed by atoms with Gasteiger partial charge in [-0.05, 0) is 122 Å². The lowest BCUT2D eigenvalue weighted by Crippen LogP contribution is -2.20. The van der Waals surface area contributed by atoms with E-state index in [1.807, 2.05) is 6.07 Å². The van der Waals surface area contributed by atoms with Crippen molar-refractivity contribution in [1.29, 1.82) is 0 Å². The highest BCUT2D eigenvalue weighted by Crippen LogP contribution is 2.57. The van der Waals surface area contributed by atoms with E-state index in [0.717, 1.165) is 33.1 Å². The number of hydrogen-bond donors (Lipinski definition) is 0. The molecule has 0 aliphatic rings. The van der Waals surface area contributed by atoms with Gasteiger partial charge in [-0.3, -0.25) is 0 Å². The number of rotatable bonds is 19. The van der Waals surface area contributed by atoms with Gasteiger partial charge in [-0.2, -0.15) is 0 Å². The Balaban J connectivity index is 1.68. The lowest BCUT2D eigenvalue weighted by Gasteiger charge is -2.30. The molecule has 0 saturated carbocycles. The predicted octanol–water partition coefficient (Wildman–Crippen LogP) is 20.5. The van der Waals surface area contributed by atoms with Crippen LogP contribution in [0.15, 0.2) is 97.1 Å². The zero-order chi connectivity index (χ0) is 64.5. The van der Waals surface area contributed by atoms with Crippen molar-refractivity contribution in [3.05, 3.63) is 164 Å². The van der Waals surface area contributed by atoms with E-state index in [1.165, 1.54) is 44.5 Å². The highest BCUT2D eigenvalue weighted by atomic mass is 31.2. The molecule has 0 heterocycles. The van der Waals surface area contributed by atoms with Gasteiger partial charge in [0.15, 0.2) is 11.5 Å². The van der Waals surface area contributed by atoms with E-state index in [9.17, 15) is 0 Å². The van der Waals surface area contributed by atoms with Crippen LogP contribution in [0.3, 0.4) is 0 Å².